The molecule has 2 aliphatic rings. The molecule has 5 rings (SSSR count). The third-order valence-corrected chi connectivity index (χ3v) is 7.10. The smallest absolute Gasteiger partial charge is 0.226 e. The summed E-state index contributed by atoms with van der Waals surface area (Å²) in [6.07, 6.45) is 6.62. The highest BCUT2D eigenvalue weighted by atomic mass is 35.5. The number of amides is 1. The van der Waals surface area contributed by atoms with Gasteiger partial charge in [0.2, 0.25) is 5.91 Å². The van der Waals surface area contributed by atoms with E-state index in [0.717, 1.165) is 57.6 Å². The number of rotatable bonds is 4. The third-order valence-electron chi connectivity index (χ3n) is 6.88. The van der Waals surface area contributed by atoms with Crippen molar-refractivity contribution in [1.82, 2.24) is 9.88 Å². The molecule has 1 amide bonds. The van der Waals surface area contributed by atoms with Crippen LogP contribution >= 0.6 is 11.6 Å². The van der Waals surface area contributed by atoms with Crippen molar-refractivity contribution in [3.8, 4) is 0 Å². The molecule has 0 N–H and O–H groups in total. The van der Waals surface area contributed by atoms with E-state index in [9.17, 15) is 4.79 Å². The van der Waals surface area contributed by atoms with Crippen LogP contribution in [0, 0.1) is 5.92 Å². The van der Waals surface area contributed by atoms with Crippen molar-refractivity contribution in [1.29, 1.82) is 0 Å². The van der Waals surface area contributed by atoms with Gasteiger partial charge >= 0.3 is 0 Å². The number of carbonyl (C=O) groups is 1. The normalized spacial score (nSPS) is 19.8. The van der Waals surface area contributed by atoms with Gasteiger partial charge < -0.3 is 9.80 Å². The molecule has 1 aromatic heterocycles. The summed E-state index contributed by atoms with van der Waals surface area (Å²) < 4.78 is 0. The molecule has 4 nitrogen and oxygen atoms in total. The Balaban J connectivity index is 1.24. The molecule has 3 heterocycles. The van der Waals surface area contributed by atoms with Crippen molar-refractivity contribution in [2.45, 2.75) is 38.1 Å². The summed E-state index contributed by atoms with van der Waals surface area (Å²) in [4.78, 5) is 22.3. The Morgan fingerprint density at radius 3 is 2.58 bits per heavy atom. The van der Waals surface area contributed by atoms with Crippen LogP contribution in [-0.2, 0) is 11.2 Å². The van der Waals surface area contributed by atoms with Gasteiger partial charge in [-0.15, -0.1) is 0 Å². The van der Waals surface area contributed by atoms with Crippen LogP contribution < -0.4 is 4.90 Å². The standard InChI is InChI=1S/C26H28ClN3O/c27-22-10-11-25(28-18-22)29-15-12-20(13-16-29)26(31)30-14-4-8-23(30)17-21-7-3-6-19-5-1-2-9-24(19)21/h1-3,5-7,9-11,18,20,23H,4,8,12-17H2/t23-/m1/s1. The van der Waals surface area contributed by atoms with Crippen molar-refractivity contribution in [2.24, 2.45) is 5.92 Å². The Morgan fingerprint density at radius 1 is 0.968 bits per heavy atom. The number of hydrogen-bond acceptors (Lipinski definition) is 3. The minimum atomic E-state index is 0.122. The zero-order valence-electron chi connectivity index (χ0n) is 17.7. The fourth-order valence-corrected chi connectivity index (χ4v) is 5.32. The molecule has 2 fully saturated rings. The summed E-state index contributed by atoms with van der Waals surface area (Å²) in [6, 6.07) is 19.2. The lowest BCUT2D eigenvalue weighted by atomic mass is 9.93. The van der Waals surface area contributed by atoms with E-state index in [1.165, 1.54) is 16.3 Å². The van der Waals surface area contributed by atoms with Crippen molar-refractivity contribution in [2.75, 3.05) is 24.5 Å². The monoisotopic (exact) mass is 433 g/mol. The maximum Gasteiger partial charge on any atom is 0.226 e. The molecule has 0 spiro atoms. The van der Waals surface area contributed by atoms with E-state index in [-0.39, 0.29) is 5.92 Å². The van der Waals surface area contributed by atoms with Gasteiger partial charge in [-0.3, -0.25) is 4.79 Å². The Hall–Kier alpha value is -2.59. The molecule has 2 saturated heterocycles. The fraction of sp³-hybridized carbons (Fsp3) is 0.385. The van der Waals surface area contributed by atoms with Crippen LogP contribution in [-0.4, -0.2) is 41.5 Å². The molecule has 0 saturated carbocycles. The Kier molecular flexibility index (Phi) is 5.82. The molecular formula is C26H28ClN3O. The summed E-state index contributed by atoms with van der Waals surface area (Å²) in [5, 5.41) is 3.24. The maximum atomic E-state index is 13.4. The van der Waals surface area contributed by atoms with E-state index in [0.29, 0.717) is 17.0 Å². The predicted molar refractivity (Wildman–Crippen MR) is 127 cm³/mol. The van der Waals surface area contributed by atoms with Crippen LogP contribution in [0.3, 0.4) is 0 Å². The summed E-state index contributed by atoms with van der Waals surface area (Å²) in [6.45, 7) is 2.63. The lowest BCUT2D eigenvalue weighted by molar-refractivity contribution is -0.137. The molecule has 5 heteroatoms. The zero-order chi connectivity index (χ0) is 21.2. The number of benzene rings is 2. The third kappa shape index (κ3) is 4.27. The second-order valence-corrected chi connectivity index (χ2v) is 9.20. The molecule has 0 radical (unpaired) electrons. The van der Waals surface area contributed by atoms with Crippen LogP contribution in [0.1, 0.15) is 31.2 Å². The molecule has 0 aliphatic carbocycles. The summed E-state index contributed by atoms with van der Waals surface area (Å²) in [7, 11) is 0. The molecule has 2 aromatic carbocycles. The fourth-order valence-electron chi connectivity index (χ4n) is 5.21. The quantitative estimate of drug-likeness (QED) is 0.557. The average molecular weight is 434 g/mol. The topological polar surface area (TPSA) is 36.4 Å². The van der Waals surface area contributed by atoms with Crippen molar-refractivity contribution in [3.05, 3.63) is 71.4 Å². The number of hydrogen-bond donors (Lipinski definition) is 0. The van der Waals surface area contributed by atoms with Crippen molar-refractivity contribution < 1.29 is 4.79 Å². The number of carbonyl (C=O) groups excluding carboxylic acids is 1. The molecule has 0 unspecified atom stereocenters. The summed E-state index contributed by atoms with van der Waals surface area (Å²) in [5.41, 5.74) is 1.35. The molecule has 2 aliphatic heterocycles. The van der Waals surface area contributed by atoms with E-state index in [1.54, 1.807) is 6.20 Å². The van der Waals surface area contributed by atoms with Gasteiger partial charge in [0, 0.05) is 37.8 Å². The number of piperidine rings is 1. The van der Waals surface area contributed by atoms with Gasteiger partial charge in [-0.2, -0.15) is 0 Å². The van der Waals surface area contributed by atoms with Gasteiger partial charge in [0.1, 0.15) is 5.82 Å². The molecule has 160 valence electrons. The van der Waals surface area contributed by atoms with Crippen LogP contribution in [0.2, 0.25) is 5.02 Å². The van der Waals surface area contributed by atoms with Gasteiger partial charge in [-0.1, -0.05) is 54.1 Å². The van der Waals surface area contributed by atoms with Gasteiger partial charge in [-0.05, 0) is 60.6 Å². The summed E-state index contributed by atoms with van der Waals surface area (Å²) in [5.74, 6) is 1.42. The maximum absolute atomic E-state index is 13.4. The zero-order valence-corrected chi connectivity index (χ0v) is 18.5. The molecule has 1 atom stereocenters. The second-order valence-electron chi connectivity index (χ2n) is 8.77. The van der Waals surface area contributed by atoms with Gasteiger partial charge in [0.05, 0.1) is 5.02 Å². The number of fused-ring (bicyclic) bond motifs is 1. The Bertz CT molecular complexity index is 1050. The largest absolute Gasteiger partial charge is 0.357 e. The highest BCUT2D eigenvalue weighted by Crippen LogP contribution is 2.30. The first kappa shape index (κ1) is 20.3. The van der Waals surface area contributed by atoms with Gasteiger partial charge in [0.15, 0.2) is 0 Å². The van der Waals surface area contributed by atoms with E-state index < -0.39 is 0 Å². The van der Waals surface area contributed by atoms with Crippen LogP contribution in [0.4, 0.5) is 5.82 Å². The van der Waals surface area contributed by atoms with E-state index >= 15 is 0 Å². The highest BCUT2D eigenvalue weighted by Gasteiger charge is 2.35. The van der Waals surface area contributed by atoms with Crippen molar-refractivity contribution >= 4 is 34.1 Å². The van der Waals surface area contributed by atoms with E-state index in [2.05, 4.69) is 57.2 Å². The lowest BCUT2D eigenvalue weighted by Gasteiger charge is -2.35. The van der Waals surface area contributed by atoms with E-state index in [4.69, 9.17) is 11.6 Å². The lowest BCUT2D eigenvalue weighted by Crippen LogP contribution is -2.45. The Labute approximate surface area is 188 Å². The number of likely N-dealkylation sites (tertiary alicyclic amines) is 1. The number of nitrogens with zero attached hydrogens (tertiary/aromatic N) is 3. The first-order valence-electron chi connectivity index (χ1n) is 11.3. The molecule has 31 heavy (non-hydrogen) atoms. The number of anilines is 1. The molecule has 0 bridgehead atoms. The highest BCUT2D eigenvalue weighted by molar-refractivity contribution is 6.30. The first-order chi connectivity index (χ1) is 15.2. The van der Waals surface area contributed by atoms with Crippen LogP contribution in [0.15, 0.2) is 60.8 Å². The second kappa shape index (κ2) is 8.88. The predicted octanol–water partition coefficient (Wildman–Crippen LogP) is 5.34. The van der Waals surface area contributed by atoms with Crippen molar-refractivity contribution in [3.63, 3.8) is 0 Å². The first-order valence-corrected chi connectivity index (χ1v) is 11.7. The number of pyridine rings is 1. The summed E-state index contributed by atoms with van der Waals surface area (Å²) >= 11 is 5.96. The minimum absolute atomic E-state index is 0.122. The van der Waals surface area contributed by atoms with Gasteiger partial charge in [-0.25, -0.2) is 4.98 Å². The number of aromatic nitrogens is 1. The Morgan fingerprint density at radius 2 is 1.77 bits per heavy atom. The van der Waals surface area contributed by atoms with Crippen LogP contribution in [0.25, 0.3) is 10.8 Å². The molecule has 3 aromatic rings. The van der Waals surface area contributed by atoms with E-state index in [1.807, 2.05) is 12.1 Å². The average Bonchev–Trinajstić information content (AvgIpc) is 3.28. The number of halogens is 1. The minimum Gasteiger partial charge on any atom is -0.357 e. The SMILES string of the molecule is O=C(C1CCN(c2ccc(Cl)cn2)CC1)N1CCC[C@@H]1Cc1cccc2ccccc12. The van der Waals surface area contributed by atoms with Gasteiger partial charge in [0.25, 0.3) is 0 Å². The van der Waals surface area contributed by atoms with Crippen LogP contribution in [0.5, 0.6) is 0 Å². The molecular weight excluding hydrogens is 406 g/mol.